The third-order valence-corrected chi connectivity index (χ3v) is 2.38. The van der Waals surface area contributed by atoms with Crippen molar-refractivity contribution in [1.29, 1.82) is 5.26 Å². The molecule has 0 heterocycles. The molecule has 5 heteroatoms. The van der Waals surface area contributed by atoms with Gasteiger partial charge in [0.05, 0.1) is 18.6 Å². The van der Waals surface area contributed by atoms with Crippen LogP contribution in [0.2, 0.25) is 0 Å². The van der Waals surface area contributed by atoms with Gasteiger partial charge in [-0.15, -0.1) is 12.6 Å². The fourth-order valence-electron chi connectivity index (χ4n) is 1.28. The van der Waals surface area contributed by atoms with Crippen LogP contribution in [0.25, 0.3) is 0 Å². The first-order chi connectivity index (χ1) is 7.60. The SMILES string of the molecule is CCOC(=O)Cc1c(O)ccc(S)c1C#N. The number of aromatic hydroxyl groups is 1. The fourth-order valence-corrected chi connectivity index (χ4v) is 1.54. The minimum absolute atomic E-state index is 0.0950. The maximum Gasteiger partial charge on any atom is 0.310 e. The van der Waals surface area contributed by atoms with Crippen molar-refractivity contribution in [2.45, 2.75) is 18.2 Å². The number of esters is 1. The van der Waals surface area contributed by atoms with E-state index < -0.39 is 5.97 Å². The summed E-state index contributed by atoms with van der Waals surface area (Å²) in [5.41, 5.74) is 0.463. The minimum Gasteiger partial charge on any atom is -0.508 e. The predicted octanol–water partition coefficient (Wildman–Crippen LogP) is 1.66. The Balaban J connectivity index is 3.08. The highest BCUT2D eigenvalue weighted by Gasteiger charge is 2.15. The lowest BCUT2D eigenvalue weighted by atomic mass is 10.0. The smallest absolute Gasteiger partial charge is 0.310 e. The van der Waals surface area contributed by atoms with Crippen LogP contribution >= 0.6 is 12.6 Å². The standard InChI is InChI=1S/C11H11NO3S/c1-2-15-11(14)5-7-8(6-12)10(16)4-3-9(7)13/h3-4,13,16H,2,5H2,1H3. The largest absolute Gasteiger partial charge is 0.508 e. The van der Waals surface area contributed by atoms with E-state index in [1.54, 1.807) is 6.92 Å². The first-order valence-corrected chi connectivity index (χ1v) is 5.14. The van der Waals surface area contributed by atoms with Crippen LogP contribution in [0.1, 0.15) is 18.1 Å². The predicted molar refractivity (Wildman–Crippen MR) is 60.4 cm³/mol. The van der Waals surface area contributed by atoms with Crippen molar-refractivity contribution in [2.24, 2.45) is 0 Å². The van der Waals surface area contributed by atoms with Crippen molar-refractivity contribution in [3.05, 3.63) is 23.3 Å². The van der Waals surface area contributed by atoms with Crippen LogP contribution in [0, 0.1) is 11.3 Å². The Bertz CT molecular complexity index is 451. The van der Waals surface area contributed by atoms with Gasteiger partial charge in [0.25, 0.3) is 0 Å². The van der Waals surface area contributed by atoms with E-state index >= 15 is 0 Å². The third kappa shape index (κ3) is 2.67. The van der Waals surface area contributed by atoms with Crippen LogP contribution < -0.4 is 0 Å². The number of phenols is 1. The Morgan fingerprint density at radius 2 is 2.31 bits per heavy atom. The van der Waals surface area contributed by atoms with Gasteiger partial charge in [0, 0.05) is 10.5 Å². The molecule has 1 rings (SSSR count). The first kappa shape index (κ1) is 12.4. The average Bonchev–Trinajstić information content (AvgIpc) is 2.24. The van der Waals surface area contributed by atoms with Crippen LogP contribution in [0.3, 0.4) is 0 Å². The van der Waals surface area contributed by atoms with Crippen molar-refractivity contribution < 1.29 is 14.6 Å². The van der Waals surface area contributed by atoms with Gasteiger partial charge in [-0.3, -0.25) is 4.79 Å². The number of ether oxygens (including phenoxy) is 1. The Labute approximate surface area is 98.9 Å². The van der Waals surface area contributed by atoms with E-state index in [0.717, 1.165) is 0 Å². The van der Waals surface area contributed by atoms with Crippen LogP contribution in [-0.4, -0.2) is 17.7 Å². The molecule has 0 saturated heterocycles. The lowest BCUT2D eigenvalue weighted by Gasteiger charge is -2.08. The summed E-state index contributed by atoms with van der Waals surface area (Å²) in [7, 11) is 0. The van der Waals surface area contributed by atoms with Gasteiger partial charge in [-0.25, -0.2) is 0 Å². The summed E-state index contributed by atoms with van der Waals surface area (Å²) in [6.45, 7) is 1.96. The zero-order valence-corrected chi connectivity index (χ0v) is 9.62. The third-order valence-electron chi connectivity index (χ3n) is 2.00. The van der Waals surface area contributed by atoms with E-state index in [-0.39, 0.29) is 29.9 Å². The van der Waals surface area contributed by atoms with Gasteiger partial charge >= 0.3 is 5.97 Å². The number of carbonyl (C=O) groups excluding carboxylic acids is 1. The molecule has 0 aromatic heterocycles. The van der Waals surface area contributed by atoms with Crippen LogP contribution in [-0.2, 0) is 16.0 Å². The number of thiol groups is 1. The van der Waals surface area contributed by atoms with E-state index in [4.69, 9.17) is 10.00 Å². The summed E-state index contributed by atoms with van der Waals surface area (Å²) < 4.78 is 4.76. The number of nitrogens with zero attached hydrogens (tertiary/aromatic N) is 1. The van der Waals surface area contributed by atoms with Gasteiger partial charge in [-0.2, -0.15) is 5.26 Å². The van der Waals surface area contributed by atoms with Crippen molar-refractivity contribution >= 4 is 18.6 Å². The molecule has 0 bridgehead atoms. The molecule has 1 aromatic rings. The number of hydrogen-bond donors (Lipinski definition) is 2. The molecule has 0 amide bonds. The molecule has 16 heavy (non-hydrogen) atoms. The molecule has 0 aliphatic carbocycles. The number of nitriles is 1. The van der Waals surface area contributed by atoms with Crippen LogP contribution in [0.4, 0.5) is 0 Å². The molecular formula is C11H11NO3S. The summed E-state index contributed by atoms with van der Waals surface area (Å²) >= 11 is 4.08. The van der Waals surface area contributed by atoms with E-state index in [1.807, 2.05) is 6.07 Å². The highest BCUT2D eigenvalue weighted by atomic mass is 32.1. The molecule has 1 N–H and O–H groups in total. The Morgan fingerprint density at radius 1 is 1.62 bits per heavy atom. The van der Waals surface area contributed by atoms with Gasteiger partial charge in [0.2, 0.25) is 0 Å². The normalized spacial score (nSPS) is 9.56. The molecule has 0 spiro atoms. The average molecular weight is 237 g/mol. The second kappa shape index (κ2) is 5.42. The molecular weight excluding hydrogens is 226 g/mol. The quantitative estimate of drug-likeness (QED) is 0.619. The monoisotopic (exact) mass is 237 g/mol. The Morgan fingerprint density at radius 3 is 2.88 bits per heavy atom. The molecule has 1 aromatic carbocycles. The molecule has 0 atom stereocenters. The van der Waals surface area contributed by atoms with Gasteiger partial charge in [0.1, 0.15) is 11.8 Å². The van der Waals surface area contributed by atoms with Crippen molar-refractivity contribution in [3.8, 4) is 11.8 Å². The molecule has 84 valence electrons. The first-order valence-electron chi connectivity index (χ1n) is 4.69. The fraction of sp³-hybridized carbons (Fsp3) is 0.273. The van der Waals surface area contributed by atoms with Crippen molar-refractivity contribution in [3.63, 3.8) is 0 Å². The number of rotatable bonds is 3. The summed E-state index contributed by atoms with van der Waals surface area (Å²) in [6, 6.07) is 4.81. The maximum atomic E-state index is 11.3. The molecule has 0 fully saturated rings. The second-order valence-corrected chi connectivity index (χ2v) is 3.53. The number of hydrogen-bond acceptors (Lipinski definition) is 5. The van der Waals surface area contributed by atoms with Crippen molar-refractivity contribution in [2.75, 3.05) is 6.61 Å². The number of phenolic OH excluding ortho intramolecular Hbond substituents is 1. The topological polar surface area (TPSA) is 70.3 Å². The van der Waals surface area contributed by atoms with E-state index in [1.165, 1.54) is 12.1 Å². The summed E-state index contributed by atoms with van der Waals surface area (Å²) in [5, 5.41) is 18.5. The van der Waals surface area contributed by atoms with Crippen LogP contribution in [0.5, 0.6) is 5.75 Å². The molecule has 0 unspecified atom stereocenters. The molecule has 0 saturated carbocycles. The number of carbonyl (C=O) groups is 1. The van der Waals surface area contributed by atoms with Crippen molar-refractivity contribution in [1.82, 2.24) is 0 Å². The van der Waals surface area contributed by atoms with E-state index in [9.17, 15) is 9.90 Å². The van der Waals surface area contributed by atoms with Gasteiger partial charge in [0.15, 0.2) is 0 Å². The van der Waals surface area contributed by atoms with Gasteiger partial charge in [-0.05, 0) is 19.1 Å². The molecule has 0 radical (unpaired) electrons. The second-order valence-electron chi connectivity index (χ2n) is 3.05. The zero-order valence-electron chi connectivity index (χ0n) is 8.73. The Hall–Kier alpha value is -1.67. The molecule has 4 nitrogen and oxygen atoms in total. The van der Waals surface area contributed by atoms with Gasteiger partial charge in [-0.1, -0.05) is 0 Å². The van der Waals surface area contributed by atoms with E-state index in [0.29, 0.717) is 4.90 Å². The lowest BCUT2D eigenvalue weighted by Crippen LogP contribution is -2.09. The zero-order chi connectivity index (χ0) is 12.1. The summed E-state index contributed by atoms with van der Waals surface area (Å²) in [5.74, 6) is -0.573. The molecule has 0 aliphatic heterocycles. The highest BCUT2D eigenvalue weighted by Crippen LogP contribution is 2.26. The minimum atomic E-state index is -0.478. The molecule has 0 aliphatic rings. The van der Waals surface area contributed by atoms with Gasteiger partial charge < -0.3 is 9.84 Å². The summed E-state index contributed by atoms with van der Waals surface area (Å²) in [4.78, 5) is 11.7. The highest BCUT2D eigenvalue weighted by molar-refractivity contribution is 7.80. The summed E-state index contributed by atoms with van der Waals surface area (Å²) in [6.07, 6.45) is -0.128. The Kier molecular flexibility index (Phi) is 4.20. The number of benzene rings is 1. The van der Waals surface area contributed by atoms with Crippen LogP contribution in [0.15, 0.2) is 17.0 Å². The lowest BCUT2D eigenvalue weighted by molar-refractivity contribution is -0.142. The van der Waals surface area contributed by atoms with E-state index in [2.05, 4.69) is 12.6 Å². The maximum absolute atomic E-state index is 11.3.